The lowest BCUT2D eigenvalue weighted by molar-refractivity contribution is -0.137. The third-order valence-corrected chi connectivity index (χ3v) is 6.12. The molecule has 0 radical (unpaired) electrons. The van der Waals surface area contributed by atoms with Crippen LogP contribution < -0.4 is 5.69 Å². The lowest BCUT2D eigenvalue weighted by Crippen LogP contribution is -2.44. The van der Waals surface area contributed by atoms with Gasteiger partial charge < -0.3 is 14.6 Å². The fourth-order valence-electron chi connectivity index (χ4n) is 4.59. The van der Waals surface area contributed by atoms with Crippen LogP contribution in [0.1, 0.15) is 37.8 Å². The quantitative estimate of drug-likeness (QED) is 0.818. The Morgan fingerprint density at radius 1 is 1.17 bits per heavy atom. The molecule has 2 aliphatic heterocycles. The number of likely N-dealkylation sites (tertiary alicyclic amines) is 2. The van der Waals surface area contributed by atoms with E-state index in [1.165, 1.54) is 10.6 Å². The predicted octanol–water partition coefficient (Wildman–Crippen LogP) is 3.22. The zero-order valence-corrected chi connectivity index (χ0v) is 16.7. The van der Waals surface area contributed by atoms with Crippen LogP contribution in [0.3, 0.4) is 0 Å². The first-order valence-electron chi connectivity index (χ1n) is 10.2. The van der Waals surface area contributed by atoms with E-state index in [0.29, 0.717) is 43.6 Å². The van der Waals surface area contributed by atoms with Gasteiger partial charge in [0.15, 0.2) is 0 Å². The standard InChI is InChI=1S/C20H25F3N4O3/c1-2-30-19(29)26-10-7-15(12-26)25-8-5-14(6-9-25)27-17-11-13(20(21,22)23)3-4-16(17)24-18(27)28/h3-4,11,14-15H,2,5-10,12H2,1H3,(H,24,28). The number of alkyl halides is 3. The van der Waals surface area contributed by atoms with E-state index in [-0.39, 0.29) is 23.9 Å². The van der Waals surface area contributed by atoms with Gasteiger partial charge in [0.1, 0.15) is 0 Å². The molecule has 1 aromatic carbocycles. The topological polar surface area (TPSA) is 70.6 Å². The maximum absolute atomic E-state index is 13.1. The summed E-state index contributed by atoms with van der Waals surface area (Å²) >= 11 is 0. The third-order valence-electron chi connectivity index (χ3n) is 6.12. The van der Waals surface area contributed by atoms with Crippen LogP contribution in [0.5, 0.6) is 0 Å². The van der Waals surface area contributed by atoms with Crippen LogP contribution >= 0.6 is 0 Å². The summed E-state index contributed by atoms with van der Waals surface area (Å²) in [7, 11) is 0. The summed E-state index contributed by atoms with van der Waals surface area (Å²) in [5.74, 6) is 0. The molecule has 10 heteroatoms. The van der Waals surface area contributed by atoms with Crippen molar-refractivity contribution in [3.8, 4) is 0 Å². The number of piperidine rings is 1. The number of aromatic nitrogens is 2. The largest absolute Gasteiger partial charge is 0.450 e. The number of benzene rings is 1. The molecule has 3 heterocycles. The van der Waals surface area contributed by atoms with Crippen LogP contribution in [-0.2, 0) is 10.9 Å². The number of halogens is 3. The van der Waals surface area contributed by atoms with Crippen molar-refractivity contribution in [3.63, 3.8) is 0 Å². The maximum Gasteiger partial charge on any atom is 0.416 e. The van der Waals surface area contributed by atoms with Gasteiger partial charge in [0.25, 0.3) is 0 Å². The molecule has 4 rings (SSSR count). The molecule has 0 spiro atoms. The van der Waals surface area contributed by atoms with Gasteiger partial charge in [0.2, 0.25) is 0 Å². The average molecular weight is 426 g/mol. The Morgan fingerprint density at radius 2 is 1.87 bits per heavy atom. The van der Waals surface area contributed by atoms with Crippen LogP contribution in [0.2, 0.25) is 0 Å². The minimum absolute atomic E-state index is 0.159. The number of amides is 1. The van der Waals surface area contributed by atoms with E-state index in [2.05, 4.69) is 9.88 Å². The molecule has 2 saturated heterocycles. The molecule has 1 aromatic heterocycles. The van der Waals surface area contributed by atoms with Gasteiger partial charge in [-0.15, -0.1) is 0 Å². The summed E-state index contributed by atoms with van der Waals surface area (Å²) in [6.07, 6.45) is -2.55. The van der Waals surface area contributed by atoms with Crippen molar-refractivity contribution in [1.82, 2.24) is 19.4 Å². The molecular weight excluding hydrogens is 401 g/mol. The van der Waals surface area contributed by atoms with Gasteiger partial charge >= 0.3 is 18.0 Å². The summed E-state index contributed by atoms with van der Waals surface area (Å²) in [6.45, 7) is 4.85. The van der Waals surface area contributed by atoms with Crippen LogP contribution in [0.15, 0.2) is 23.0 Å². The number of aromatic amines is 1. The normalized spacial score (nSPS) is 21.5. The summed E-state index contributed by atoms with van der Waals surface area (Å²) in [5.41, 5.74) is -0.429. The molecule has 2 aromatic rings. The summed E-state index contributed by atoms with van der Waals surface area (Å²) in [6, 6.07) is 3.43. The highest BCUT2D eigenvalue weighted by Crippen LogP contribution is 2.33. The first-order chi connectivity index (χ1) is 14.3. The number of carbonyl (C=O) groups excluding carboxylic acids is 1. The molecule has 7 nitrogen and oxygen atoms in total. The van der Waals surface area contributed by atoms with E-state index < -0.39 is 11.7 Å². The van der Waals surface area contributed by atoms with Gasteiger partial charge in [-0.1, -0.05) is 0 Å². The van der Waals surface area contributed by atoms with Gasteiger partial charge in [-0.05, 0) is 44.4 Å². The zero-order valence-electron chi connectivity index (χ0n) is 16.7. The van der Waals surface area contributed by atoms with Crippen molar-refractivity contribution in [2.75, 3.05) is 32.8 Å². The Labute approximate surface area is 171 Å². The second-order valence-corrected chi connectivity index (χ2v) is 7.88. The monoisotopic (exact) mass is 426 g/mol. The van der Waals surface area contributed by atoms with Crippen molar-refractivity contribution >= 4 is 17.1 Å². The summed E-state index contributed by atoms with van der Waals surface area (Å²) in [4.78, 5) is 31.1. The van der Waals surface area contributed by atoms with Crippen LogP contribution in [0.4, 0.5) is 18.0 Å². The minimum atomic E-state index is -4.46. The van der Waals surface area contributed by atoms with Gasteiger partial charge in [-0.2, -0.15) is 13.2 Å². The molecule has 0 aliphatic carbocycles. The number of fused-ring (bicyclic) bond motifs is 1. The van der Waals surface area contributed by atoms with Crippen molar-refractivity contribution in [3.05, 3.63) is 34.2 Å². The van der Waals surface area contributed by atoms with Crippen LogP contribution in [0, 0.1) is 0 Å². The number of carbonyl (C=O) groups is 1. The third kappa shape index (κ3) is 3.92. The van der Waals surface area contributed by atoms with E-state index in [1.807, 2.05) is 0 Å². The number of nitrogens with one attached hydrogen (secondary N) is 1. The predicted molar refractivity (Wildman–Crippen MR) is 104 cm³/mol. The second-order valence-electron chi connectivity index (χ2n) is 7.88. The average Bonchev–Trinajstić information content (AvgIpc) is 3.31. The SMILES string of the molecule is CCOC(=O)N1CCC(N2CCC(n3c(=O)[nH]c4ccc(C(F)(F)F)cc43)CC2)C1. The summed E-state index contributed by atoms with van der Waals surface area (Å²) in [5, 5.41) is 0. The lowest BCUT2D eigenvalue weighted by Gasteiger charge is -2.36. The molecule has 2 fully saturated rings. The molecule has 1 atom stereocenters. The number of imidazole rings is 1. The van der Waals surface area contributed by atoms with Crippen LogP contribution in [-0.4, -0.2) is 64.3 Å². The molecular formula is C20H25F3N4O3. The van der Waals surface area contributed by atoms with Crippen molar-refractivity contribution < 1.29 is 22.7 Å². The van der Waals surface area contributed by atoms with Crippen molar-refractivity contribution in [2.24, 2.45) is 0 Å². The minimum Gasteiger partial charge on any atom is -0.450 e. The van der Waals surface area contributed by atoms with Gasteiger partial charge in [-0.25, -0.2) is 9.59 Å². The van der Waals surface area contributed by atoms with Gasteiger partial charge in [0.05, 0.1) is 23.2 Å². The highest BCUT2D eigenvalue weighted by Gasteiger charge is 2.35. The Kier molecular flexibility index (Phi) is 5.52. The summed E-state index contributed by atoms with van der Waals surface area (Å²) < 4.78 is 45.9. The number of ether oxygens (including phenoxy) is 1. The first kappa shape index (κ1) is 20.8. The lowest BCUT2D eigenvalue weighted by atomic mass is 10.0. The van der Waals surface area contributed by atoms with Crippen molar-refractivity contribution in [2.45, 2.75) is 44.4 Å². The maximum atomic E-state index is 13.1. The fraction of sp³-hybridized carbons (Fsp3) is 0.600. The Bertz CT molecular complexity index is 976. The van der Waals surface area contributed by atoms with E-state index in [0.717, 1.165) is 31.6 Å². The molecule has 0 saturated carbocycles. The zero-order chi connectivity index (χ0) is 21.5. The van der Waals surface area contributed by atoms with Gasteiger partial charge in [-0.3, -0.25) is 9.47 Å². The number of rotatable bonds is 3. The number of nitrogens with zero attached hydrogens (tertiary/aromatic N) is 3. The second kappa shape index (κ2) is 7.98. The molecule has 0 bridgehead atoms. The molecule has 1 N–H and O–H groups in total. The molecule has 164 valence electrons. The first-order valence-corrected chi connectivity index (χ1v) is 10.2. The molecule has 2 aliphatic rings. The molecule has 30 heavy (non-hydrogen) atoms. The Balaban J connectivity index is 1.46. The van der Waals surface area contributed by atoms with E-state index in [4.69, 9.17) is 4.74 Å². The molecule has 1 unspecified atom stereocenters. The number of hydrogen-bond acceptors (Lipinski definition) is 4. The Morgan fingerprint density at radius 3 is 2.53 bits per heavy atom. The number of H-pyrrole nitrogens is 1. The van der Waals surface area contributed by atoms with Crippen LogP contribution in [0.25, 0.3) is 11.0 Å². The Hall–Kier alpha value is -2.49. The van der Waals surface area contributed by atoms with E-state index in [9.17, 15) is 22.8 Å². The highest BCUT2D eigenvalue weighted by atomic mass is 19.4. The van der Waals surface area contributed by atoms with Gasteiger partial charge in [0, 0.05) is 38.3 Å². The van der Waals surface area contributed by atoms with E-state index >= 15 is 0 Å². The smallest absolute Gasteiger partial charge is 0.416 e. The molecule has 1 amide bonds. The fourth-order valence-corrected chi connectivity index (χ4v) is 4.59. The number of hydrogen-bond donors (Lipinski definition) is 1. The van der Waals surface area contributed by atoms with E-state index in [1.54, 1.807) is 11.8 Å². The highest BCUT2D eigenvalue weighted by molar-refractivity contribution is 5.76. The van der Waals surface area contributed by atoms with Crippen molar-refractivity contribution in [1.29, 1.82) is 0 Å².